The number of aryl methyl sites for hydroxylation is 2. The quantitative estimate of drug-likeness (QED) is 0.133. The molecule has 0 aliphatic carbocycles. The van der Waals surface area contributed by atoms with Crippen molar-refractivity contribution < 1.29 is 14.3 Å². The van der Waals surface area contributed by atoms with Gasteiger partial charge in [-0.2, -0.15) is 0 Å². The van der Waals surface area contributed by atoms with E-state index in [1.54, 1.807) is 36.1 Å². The number of hydrogen-bond donors (Lipinski definition) is 3. The fraction of sp³-hybridized carbons (Fsp3) is 0.267. The molecule has 0 spiro atoms. The SMILES string of the molecule is CCOC(=O)CCN(C(=O)c1ccc2c(c1)nc(CNc1ccc(C(=N)N)cc1)n2C)c1cccc(CC)c1.Cl. The molecule has 40 heavy (non-hydrogen) atoms. The monoisotopic (exact) mass is 562 g/mol. The van der Waals surface area contributed by atoms with Crippen LogP contribution in [0.4, 0.5) is 11.4 Å². The van der Waals surface area contributed by atoms with Crippen molar-refractivity contribution in [2.24, 2.45) is 12.8 Å². The highest BCUT2D eigenvalue weighted by molar-refractivity contribution is 6.08. The van der Waals surface area contributed by atoms with Crippen molar-refractivity contribution in [1.82, 2.24) is 9.55 Å². The van der Waals surface area contributed by atoms with Crippen molar-refractivity contribution in [2.75, 3.05) is 23.4 Å². The first kappa shape index (κ1) is 30.2. The molecule has 4 rings (SSSR count). The number of nitrogen functional groups attached to an aromatic ring is 1. The fourth-order valence-corrected chi connectivity index (χ4v) is 4.37. The molecule has 0 fully saturated rings. The summed E-state index contributed by atoms with van der Waals surface area (Å²) in [5.41, 5.74) is 11.0. The van der Waals surface area contributed by atoms with Crippen molar-refractivity contribution in [3.63, 3.8) is 0 Å². The number of halogens is 1. The van der Waals surface area contributed by atoms with E-state index in [1.165, 1.54) is 0 Å². The number of imidazole rings is 1. The summed E-state index contributed by atoms with van der Waals surface area (Å²) in [6.07, 6.45) is 0.941. The van der Waals surface area contributed by atoms with Crippen LogP contribution in [-0.2, 0) is 29.5 Å². The average Bonchev–Trinajstić information content (AvgIpc) is 3.26. The van der Waals surface area contributed by atoms with Gasteiger partial charge in [0, 0.05) is 36.1 Å². The number of nitrogens with zero attached hydrogens (tertiary/aromatic N) is 3. The zero-order valence-corrected chi connectivity index (χ0v) is 23.8. The highest BCUT2D eigenvalue weighted by Gasteiger charge is 2.21. The molecule has 1 heterocycles. The largest absolute Gasteiger partial charge is 0.466 e. The van der Waals surface area contributed by atoms with Gasteiger partial charge in [-0.3, -0.25) is 15.0 Å². The Morgan fingerprint density at radius 1 is 1.05 bits per heavy atom. The van der Waals surface area contributed by atoms with E-state index in [2.05, 4.69) is 12.2 Å². The molecule has 210 valence electrons. The van der Waals surface area contributed by atoms with Crippen molar-refractivity contribution in [1.29, 1.82) is 5.41 Å². The number of amides is 1. The summed E-state index contributed by atoms with van der Waals surface area (Å²) in [5, 5.41) is 10.9. The second-order valence-electron chi connectivity index (χ2n) is 9.17. The summed E-state index contributed by atoms with van der Waals surface area (Å²) in [6.45, 7) is 4.81. The molecule has 0 unspecified atom stereocenters. The van der Waals surface area contributed by atoms with E-state index in [0.717, 1.165) is 34.7 Å². The molecule has 0 aliphatic rings. The zero-order valence-electron chi connectivity index (χ0n) is 22.9. The first-order chi connectivity index (χ1) is 18.8. The van der Waals surface area contributed by atoms with E-state index >= 15 is 0 Å². The number of nitrogens with two attached hydrogens (primary N) is 1. The van der Waals surface area contributed by atoms with E-state index < -0.39 is 0 Å². The minimum atomic E-state index is -0.338. The minimum absolute atomic E-state index is 0. The lowest BCUT2D eigenvalue weighted by Gasteiger charge is -2.23. The van der Waals surface area contributed by atoms with Crippen LogP contribution in [0.5, 0.6) is 0 Å². The molecule has 0 aliphatic heterocycles. The van der Waals surface area contributed by atoms with Gasteiger partial charge in [-0.15, -0.1) is 12.4 Å². The van der Waals surface area contributed by atoms with Gasteiger partial charge in [-0.25, -0.2) is 4.98 Å². The van der Waals surface area contributed by atoms with Crippen molar-refractivity contribution >= 4 is 52.5 Å². The highest BCUT2D eigenvalue weighted by atomic mass is 35.5. The lowest BCUT2D eigenvalue weighted by Crippen LogP contribution is -2.33. The van der Waals surface area contributed by atoms with E-state index in [1.807, 2.05) is 54.1 Å². The molecule has 4 aromatic rings. The molecule has 0 atom stereocenters. The van der Waals surface area contributed by atoms with Gasteiger partial charge in [0.05, 0.1) is 30.6 Å². The summed E-state index contributed by atoms with van der Waals surface area (Å²) in [7, 11) is 1.94. The average molecular weight is 563 g/mol. The number of esters is 1. The molecule has 0 saturated carbocycles. The van der Waals surface area contributed by atoms with Gasteiger partial charge in [-0.05, 0) is 73.5 Å². The Morgan fingerprint density at radius 2 is 1.77 bits per heavy atom. The summed E-state index contributed by atoms with van der Waals surface area (Å²) >= 11 is 0. The standard InChI is InChI=1S/C30H34N6O3.ClH/c1-4-20-7-6-8-24(17-20)36(16-15-28(37)39-5-2)30(38)22-11-14-26-25(18-22)34-27(35(26)3)19-33-23-12-9-21(10-13-23)29(31)32;/h6-14,17-18,33H,4-5,15-16,19H2,1-3H3,(H3,31,32);1H. The van der Waals surface area contributed by atoms with E-state index in [9.17, 15) is 9.59 Å². The Kier molecular flexibility index (Phi) is 10.3. The third-order valence-electron chi connectivity index (χ3n) is 6.59. The maximum atomic E-state index is 13.7. The number of nitrogens with one attached hydrogen (secondary N) is 2. The molecule has 0 radical (unpaired) electrons. The molecule has 0 saturated heterocycles. The van der Waals surface area contributed by atoms with Crippen molar-refractivity contribution in [2.45, 2.75) is 33.2 Å². The summed E-state index contributed by atoms with van der Waals surface area (Å²) in [5.74, 6) is 0.292. The lowest BCUT2D eigenvalue weighted by molar-refractivity contribution is -0.142. The Hall–Kier alpha value is -4.37. The number of amidine groups is 1. The van der Waals surface area contributed by atoms with Gasteiger partial charge in [0.15, 0.2) is 0 Å². The van der Waals surface area contributed by atoms with Crippen molar-refractivity contribution in [3.05, 3.63) is 89.2 Å². The van der Waals surface area contributed by atoms with Gasteiger partial charge in [0.1, 0.15) is 11.7 Å². The maximum absolute atomic E-state index is 13.7. The van der Waals surface area contributed by atoms with E-state index in [4.69, 9.17) is 20.9 Å². The number of carbonyl (C=O) groups is 2. The molecular formula is C30H35ClN6O3. The molecular weight excluding hydrogens is 528 g/mol. The third-order valence-corrected chi connectivity index (χ3v) is 6.59. The smallest absolute Gasteiger partial charge is 0.307 e. The Labute approximate surface area is 240 Å². The Balaban J connectivity index is 0.00000441. The van der Waals surface area contributed by atoms with Gasteiger partial charge >= 0.3 is 5.97 Å². The second kappa shape index (κ2) is 13.6. The van der Waals surface area contributed by atoms with Crippen LogP contribution in [0.2, 0.25) is 0 Å². The Morgan fingerprint density at radius 3 is 2.45 bits per heavy atom. The number of carbonyl (C=O) groups excluding carboxylic acids is 2. The summed E-state index contributed by atoms with van der Waals surface area (Å²) < 4.78 is 7.08. The van der Waals surface area contributed by atoms with Gasteiger partial charge in [0.25, 0.3) is 5.91 Å². The molecule has 9 nitrogen and oxygen atoms in total. The number of rotatable bonds is 11. The van der Waals surface area contributed by atoms with Crippen LogP contribution in [-0.4, -0.2) is 40.4 Å². The zero-order chi connectivity index (χ0) is 27.9. The molecule has 4 N–H and O–H groups in total. The first-order valence-corrected chi connectivity index (χ1v) is 13.0. The minimum Gasteiger partial charge on any atom is -0.466 e. The topological polar surface area (TPSA) is 126 Å². The molecule has 3 aromatic carbocycles. The second-order valence-corrected chi connectivity index (χ2v) is 9.17. The maximum Gasteiger partial charge on any atom is 0.307 e. The van der Waals surface area contributed by atoms with Crippen molar-refractivity contribution in [3.8, 4) is 0 Å². The van der Waals surface area contributed by atoms with E-state index in [-0.39, 0.29) is 43.1 Å². The molecule has 10 heteroatoms. The highest BCUT2D eigenvalue weighted by Crippen LogP contribution is 2.23. The molecule has 0 bridgehead atoms. The van der Waals surface area contributed by atoms with Gasteiger partial charge in [0.2, 0.25) is 0 Å². The number of hydrogen-bond acceptors (Lipinski definition) is 6. The third kappa shape index (κ3) is 6.98. The molecule has 1 amide bonds. The predicted octanol–water partition coefficient (Wildman–Crippen LogP) is 5.05. The fourth-order valence-electron chi connectivity index (χ4n) is 4.37. The number of fused-ring (bicyclic) bond motifs is 1. The van der Waals surface area contributed by atoms with Crippen LogP contribution in [0, 0.1) is 5.41 Å². The number of anilines is 2. The molecule has 1 aromatic heterocycles. The first-order valence-electron chi connectivity index (χ1n) is 13.0. The predicted molar refractivity (Wildman–Crippen MR) is 161 cm³/mol. The van der Waals surface area contributed by atoms with Gasteiger partial charge < -0.3 is 25.3 Å². The van der Waals surface area contributed by atoms with Crippen LogP contribution < -0.4 is 16.0 Å². The van der Waals surface area contributed by atoms with E-state index in [0.29, 0.717) is 29.8 Å². The van der Waals surface area contributed by atoms with Crippen LogP contribution >= 0.6 is 12.4 Å². The normalized spacial score (nSPS) is 10.6. The lowest BCUT2D eigenvalue weighted by atomic mass is 10.1. The summed E-state index contributed by atoms with van der Waals surface area (Å²) in [4.78, 5) is 32.2. The number of benzene rings is 3. The summed E-state index contributed by atoms with van der Waals surface area (Å²) in [6, 6.07) is 20.6. The van der Waals surface area contributed by atoms with Crippen LogP contribution in [0.15, 0.2) is 66.7 Å². The van der Waals surface area contributed by atoms with Crippen LogP contribution in [0.25, 0.3) is 11.0 Å². The number of aromatic nitrogens is 2. The van der Waals surface area contributed by atoms with Gasteiger partial charge in [-0.1, -0.05) is 19.1 Å². The number of ether oxygens (including phenoxy) is 1. The van der Waals surface area contributed by atoms with Crippen LogP contribution in [0.3, 0.4) is 0 Å². The van der Waals surface area contributed by atoms with Crippen LogP contribution in [0.1, 0.15) is 47.6 Å². The Bertz CT molecular complexity index is 1500.